The first-order chi connectivity index (χ1) is 11.3. The van der Waals surface area contributed by atoms with Crippen molar-refractivity contribution in [3.8, 4) is 11.5 Å². The van der Waals surface area contributed by atoms with Crippen molar-refractivity contribution >= 4 is 5.82 Å². The number of aromatic nitrogens is 2. The summed E-state index contributed by atoms with van der Waals surface area (Å²) in [6.45, 7) is 3.89. The van der Waals surface area contributed by atoms with E-state index >= 15 is 0 Å². The van der Waals surface area contributed by atoms with Gasteiger partial charge in [-0.2, -0.15) is 5.10 Å². The van der Waals surface area contributed by atoms with Gasteiger partial charge in [-0.1, -0.05) is 6.07 Å². The lowest BCUT2D eigenvalue weighted by Gasteiger charge is -2.25. The molecule has 124 valence electrons. The zero-order valence-corrected chi connectivity index (χ0v) is 13.7. The average molecular weight is 316 g/mol. The smallest absolute Gasteiger partial charge is 0.160 e. The topological polar surface area (TPSA) is 60.3 Å². The predicted octanol–water partition coefficient (Wildman–Crippen LogP) is 1.77. The largest absolute Gasteiger partial charge is 0.493 e. The molecule has 23 heavy (non-hydrogen) atoms. The van der Waals surface area contributed by atoms with Crippen LogP contribution in [0.5, 0.6) is 11.5 Å². The molecular formula is C17H24N4O2. The minimum Gasteiger partial charge on any atom is -0.493 e. The normalized spacial score (nSPS) is 16.5. The molecule has 2 aromatic rings. The first kappa shape index (κ1) is 15.7. The van der Waals surface area contributed by atoms with E-state index in [1.54, 1.807) is 14.2 Å². The van der Waals surface area contributed by atoms with Crippen molar-refractivity contribution in [2.24, 2.45) is 5.92 Å². The molecule has 3 rings (SSSR count). The Balaban J connectivity index is 1.43. The van der Waals surface area contributed by atoms with Gasteiger partial charge in [-0.15, -0.1) is 0 Å². The van der Waals surface area contributed by atoms with Gasteiger partial charge in [0.2, 0.25) is 0 Å². The molecule has 0 spiro atoms. The maximum Gasteiger partial charge on any atom is 0.160 e. The van der Waals surface area contributed by atoms with Crippen molar-refractivity contribution in [1.29, 1.82) is 0 Å². The van der Waals surface area contributed by atoms with Crippen LogP contribution in [0.4, 0.5) is 5.82 Å². The molecule has 1 atom stereocenters. The van der Waals surface area contributed by atoms with Crippen LogP contribution in [0.25, 0.3) is 0 Å². The van der Waals surface area contributed by atoms with Crippen LogP contribution >= 0.6 is 0 Å². The maximum atomic E-state index is 5.34. The summed E-state index contributed by atoms with van der Waals surface area (Å²) in [7, 11) is 3.32. The number of ether oxygens (including phenoxy) is 2. The van der Waals surface area contributed by atoms with E-state index in [1.807, 2.05) is 29.1 Å². The Morgan fingerprint density at radius 3 is 2.96 bits per heavy atom. The molecular weight excluding hydrogens is 292 g/mol. The maximum absolute atomic E-state index is 5.34. The van der Waals surface area contributed by atoms with Crippen LogP contribution in [0.1, 0.15) is 5.56 Å². The zero-order valence-electron chi connectivity index (χ0n) is 13.7. The molecule has 1 aliphatic rings. The molecule has 0 amide bonds. The molecule has 0 radical (unpaired) electrons. The Morgan fingerprint density at radius 2 is 2.13 bits per heavy atom. The van der Waals surface area contributed by atoms with E-state index in [9.17, 15) is 0 Å². The fraction of sp³-hybridized carbons (Fsp3) is 0.471. The number of methoxy groups -OCH3 is 2. The lowest BCUT2D eigenvalue weighted by molar-refractivity contribution is 0.354. The van der Waals surface area contributed by atoms with Gasteiger partial charge in [0, 0.05) is 31.6 Å². The van der Waals surface area contributed by atoms with E-state index < -0.39 is 0 Å². The zero-order chi connectivity index (χ0) is 16.1. The van der Waals surface area contributed by atoms with E-state index in [2.05, 4.69) is 21.8 Å². The molecule has 1 aromatic heterocycles. The van der Waals surface area contributed by atoms with Gasteiger partial charge in [-0.3, -0.25) is 0 Å². The highest BCUT2D eigenvalue weighted by Crippen LogP contribution is 2.27. The van der Waals surface area contributed by atoms with Crippen molar-refractivity contribution in [3.63, 3.8) is 0 Å². The first-order valence-electron chi connectivity index (χ1n) is 7.97. The minimum absolute atomic E-state index is 0.563. The van der Waals surface area contributed by atoms with Crippen molar-refractivity contribution < 1.29 is 9.47 Å². The highest BCUT2D eigenvalue weighted by molar-refractivity contribution is 5.43. The summed E-state index contributed by atoms with van der Waals surface area (Å²) >= 11 is 0. The van der Waals surface area contributed by atoms with Crippen LogP contribution in [0, 0.1) is 5.92 Å². The molecule has 0 bridgehead atoms. The molecule has 2 heterocycles. The Morgan fingerprint density at radius 1 is 1.26 bits per heavy atom. The molecule has 1 aliphatic heterocycles. The van der Waals surface area contributed by atoms with Gasteiger partial charge in [-0.05, 0) is 30.7 Å². The lowest BCUT2D eigenvalue weighted by Crippen LogP contribution is -2.36. The Bertz CT molecular complexity index is 641. The molecule has 2 N–H and O–H groups in total. The molecule has 0 saturated carbocycles. The Hall–Kier alpha value is -2.21. The Kier molecular flexibility index (Phi) is 5.02. The Labute approximate surface area is 136 Å². The molecule has 0 saturated heterocycles. The van der Waals surface area contributed by atoms with Crippen molar-refractivity contribution in [2.75, 3.05) is 39.2 Å². The number of hydrogen-bond acceptors (Lipinski definition) is 5. The van der Waals surface area contributed by atoms with Gasteiger partial charge in [0.05, 0.1) is 20.4 Å². The molecule has 0 aliphatic carbocycles. The summed E-state index contributed by atoms with van der Waals surface area (Å²) in [4.78, 5) is 0. The number of rotatable bonds is 7. The molecule has 1 aromatic carbocycles. The highest BCUT2D eigenvalue weighted by atomic mass is 16.5. The fourth-order valence-electron chi connectivity index (χ4n) is 2.90. The molecule has 6 heteroatoms. The fourth-order valence-corrected chi connectivity index (χ4v) is 2.90. The van der Waals surface area contributed by atoms with Crippen LogP contribution in [0.2, 0.25) is 0 Å². The number of benzene rings is 1. The summed E-state index contributed by atoms with van der Waals surface area (Å²) in [5.41, 5.74) is 1.24. The van der Waals surface area contributed by atoms with Gasteiger partial charge in [0.1, 0.15) is 5.82 Å². The third kappa shape index (κ3) is 3.76. The monoisotopic (exact) mass is 316 g/mol. The highest BCUT2D eigenvalue weighted by Gasteiger charge is 2.17. The minimum atomic E-state index is 0.563. The quantitative estimate of drug-likeness (QED) is 0.763. The SMILES string of the molecule is COc1ccc(CCNC[C@H]2CNc3ccnn3C2)cc1OC. The van der Waals surface area contributed by atoms with Gasteiger partial charge < -0.3 is 20.1 Å². The van der Waals surface area contributed by atoms with E-state index in [0.29, 0.717) is 5.92 Å². The first-order valence-corrected chi connectivity index (χ1v) is 7.97. The summed E-state index contributed by atoms with van der Waals surface area (Å²) in [6, 6.07) is 8.10. The van der Waals surface area contributed by atoms with Gasteiger partial charge in [0.25, 0.3) is 0 Å². The van der Waals surface area contributed by atoms with E-state index in [1.165, 1.54) is 5.56 Å². The van der Waals surface area contributed by atoms with Crippen LogP contribution in [-0.2, 0) is 13.0 Å². The van der Waals surface area contributed by atoms with E-state index in [0.717, 1.165) is 49.9 Å². The van der Waals surface area contributed by atoms with Crippen molar-refractivity contribution in [1.82, 2.24) is 15.1 Å². The number of hydrogen-bond donors (Lipinski definition) is 2. The summed E-state index contributed by atoms with van der Waals surface area (Å²) in [5, 5.41) is 11.3. The van der Waals surface area contributed by atoms with E-state index in [4.69, 9.17) is 9.47 Å². The van der Waals surface area contributed by atoms with Crippen LogP contribution in [0.15, 0.2) is 30.5 Å². The van der Waals surface area contributed by atoms with Gasteiger partial charge in [-0.25, -0.2) is 4.68 Å². The second kappa shape index (κ2) is 7.37. The summed E-state index contributed by atoms with van der Waals surface area (Å²) < 4.78 is 12.6. The summed E-state index contributed by atoms with van der Waals surface area (Å²) in [5.74, 6) is 3.24. The van der Waals surface area contributed by atoms with Crippen molar-refractivity contribution in [3.05, 3.63) is 36.0 Å². The number of fused-ring (bicyclic) bond motifs is 1. The van der Waals surface area contributed by atoms with Crippen LogP contribution < -0.4 is 20.1 Å². The third-order valence-corrected chi connectivity index (χ3v) is 4.19. The lowest BCUT2D eigenvalue weighted by atomic mass is 10.1. The van der Waals surface area contributed by atoms with Gasteiger partial charge in [0.15, 0.2) is 11.5 Å². The van der Waals surface area contributed by atoms with Crippen LogP contribution in [0.3, 0.4) is 0 Å². The molecule has 0 unspecified atom stereocenters. The van der Waals surface area contributed by atoms with Crippen LogP contribution in [-0.4, -0.2) is 43.6 Å². The standard InChI is InChI=1S/C17H24N4O2/c1-22-15-4-3-13(9-16(15)23-2)5-7-18-10-14-11-19-17-6-8-20-21(17)12-14/h3-4,6,8-9,14,18-19H,5,7,10-12H2,1-2H3/t14-/m0/s1. The second-order valence-corrected chi connectivity index (χ2v) is 5.79. The molecule has 6 nitrogen and oxygen atoms in total. The number of nitrogens with one attached hydrogen (secondary N) is 2. The van der Waals surface area contributed by atoms with Crippen molar-refractivity contribution in [2.45, 2.75) is 13.0 Å². The third-order valence-electron chi connectivity index (χ3n) is 4.19. The predicted molar refractivity (Wildman–Crippen MR) is 90.3 cm³/mol. The summed E-state index contributed by atoms with van der Waals surface area (Å²) in [6.07, 6.45) is 2.81. The second-order valence-electron chi connectivity index (χ2n) is 5.79. The van der Waals surface area contributed by atoms with E-state index in [-0.39, 0.29) is 0 Å². The average Bonchev–Trinajstić information content (AvgIpc) is 3.06. The van der Waals surface area contributed by atoms with Gasteiger partial charge >= 0.3 is 0 Å². The number of anilines is 1. The number of nitrogens with zero attached hydrogens (tertiary/aromatic N) is 2. The molecule has 0 fully saturated rings.